The number of thiophene rings is 1. The summed E-state index contributed by atoms with van der Waals surface area (Å²) >= 11 is 1.19. The van der Waals surface area contributed by atoms with Crippen molar-refractivity contribution in [2.45, 2.75) is 24.1 Å². The molecule has 1 aliphatic rings. The van der Waals surface area contributed by atoms with Crippen molar-refractivity contribution in [2.75, 3.05) is 26.3 Å². The van der Waals surface area contributed by atoms with E-state index in [-0.39, 0.29) is 10.1 Å². The SMILES string of the molecule is Cc1ccc(S(=O)(=O)N[C@@H](C)C(=O)N2CCOCC2)s1. The Kier molecular flexibility index (Phi) is 4.79. The number of rotatable bonds is 4. The van der Waals surface area contributed by atoms with Crippen molar-refractivity contribution in [2.24, 2.45) is 0 Å². The highest BCUT2D eigenvalue weighted by molar-refractivity contribution is 7.91. The van der Waals surface area contributed by atoms with Gasteiger partial charge < -0.3 is 9.64 Å². The molecule has 1 saturated heterocycles. The largest absolute Gasteiger partial charge is 0.378 e. The van der Waals surface area contributed by atoms with Gasteiger partial charge in [-0.1, -0.05) is 0 Å². The Morgan fingerprint density at radius 1 is 1.40 bits per heavy atom. The highest BCUT2D eigenvalue weighted by Crippen LogP contribution is 2.20. The molecule has 112 valence electrons. The van der Waals surface area contributed by atoms with Crippen molar-refractivity contribution in [3.63, 3.8) is 0 Å². The standard InChI is InChI=1S/C12H18N2O4S2/c1-9-3-4-11(19-9)20(16,17)13-10(2)12(15)14-5-7-18-8-6-14/h3-4,10,13H,5-8H2,1-2H3/t10-/m0/s1. The van der Waals surface area contributed by atoms with Crippen LogP contribution >= 0.6 is 11.3 Å². The normalized spacial score (nSPS) is 18.0. The van der Waals surface area contributed by atoms with Crippen LogP contribution in [-0.2, 0) is 19.6 Å². The number of morpholine rings is 1. The lowest BCUT2D eigenvalue weighted by atomic mass is 10.3. The molecule has 0 saturated carbocycles. The molecule has 2 rings (SSSR count). The topological polar surface area (TPSA) is 75.7 Å². The third-order valence-electron chi connectivity index (χ3n) is 3.01. The van der Waals surface area contributed by atoms with Crippen molar-refractivity contribution in [3.05, 3.63) is 17.0 Å². The van der Waals surface area contributed by atoms with E-state index in [0.29, 0.717) is 26.3 Å². The van der Waals surface area contributed by atoms with Gasteiger partial charge in [-0.25, -0.2) is 8.42 Å². The van der Waals surface area contributed by atoms with Gasteiger partial charge in [0.25, 0.3) is 10.0 Å². The van der Waals surface area contributed by atoms with Crippen LogP contribution in [0.15, 0.2) is 16.3 Å². The van der Waals surface area contributed by atoms with E-state index in [1.54, 1.807) is 24.0 Å². The molecule has 0 unspecified atom stereocenters. The van der Waals surface area contributed by atoms with Gasteiger partial charge >= 0.3 is 0 Å². The monoisotopic (exact) mass is 318 g/mol. The number of hydrogen-bond acceptors (Lipinski definition) is 5. The number of ether oxygens (including phenoxy) is 1. The molecule has 1 amide bonds. The summed E-state index contributed by atoms with van der Waals surface area (Å²) < 4.78 is 32.1. The Labute approximate surface area is 122 Å². The van der Waals surface area contributed by atoms with Gasteiger partial charge in [0.05, 0.1) is 19.3 Å². The van der Waals surface area contributed by atoms with Crippen LogP contribution in [0.4, 0.5) is 0 Å². The number of hydrogen-bond donors (Lipinski definition) is 1. The molecule has 1 N–H and O–H groups in total. The number of carbonyl (C=O) groups is 1. The highest BCUT2D eigenvalue weighted by atomic mass is 32.2. The van der Waals surface area contributed by atoms with Crippen LogP contribution in [0.2, 0.25) is 0 Å². The van der Waals surface area contributed by atoms with Crippen LogP contribution in [0.25, 0.3) is 0 Å². The maximum atomic E-state index is 12.2. The summed E-state index contributed by atoms with van der Waals surface area (Å²) in [5.41, 5.74) is 0. The van der Waals surface area contributed by atoms with Crippen LogP contribution in [0.3, 0.4) is 0 Å². The third kappa shape index (κ3) is 3.57. The number of sulfonamides is 1. The molecule has 1 aromatic heterocycles. The van der Waals surface area contributed by atoms with Crippen LogP contribution < -0.4 is 4.72 Å². The van der Waals surface area contributed by atoms with Gasteiger partial charge in [-0.3, -0.25) is 4.79 Å². The van der Waals surface area contributed by atoms with Crippen molar-refractivity contribution in [3.8, 4) is 0 Å². The molecule has 6 nitrogen and oxygen atoms in total. The highest BCUT2D eigenvalue weighted by Gasteiger charge is 2.27. The van der Waals surface area contributed by atoms with Gasteiger partial charge in [0.1, 0.15) is 4.21 Å². The minimum Gasteiger partial charge on any atom is -0.378 e. The smallest absolute Gasteiger partial charge is 0.250 e. The van der Waals surface area contributed by atoms with E-state index in [4.69, 9.17) is 4.74 Å². The molecule has 0 aliphatic carbocycles. The maximum absolute atomic E-state index is 12.2. The van der Waals surface area contributed by atoms with Gasteiger partial charge in [0.15, 0.2) is 0 Å². The minimum absolute atomic E-state index is 0.217. The summed E-state index contributed by atoms with van der Waals surface area (Å²) in [6, 6.07) is 2.52. The predicted molar refractivity (Wildman–Crippen MR) is 76.2 cm³/mol. The summed E-state index contributed by atoms with van der Waals surface area (Å²) in [4.78, 5) is 14.7. The third-order valence-corrected chi connectivity index (χ3v) is 6.04. The first-order valence-electron chi connectivity index (χ1n) is 6.35. The van der Waals surface area contributed by atoms with Gasteiger partial charge in [0.2, 0.25) is 5.91 Å². The average molecular weight is 318 g/mol. The Morgan fingerprint density at radius 3 is 2.60 bits per heavy atom. The van der Waals surface area contributed by atoms with E-state index >= 15 is 0 Å². The maximum Gasteiger partial charge on any atom is 0.250 e. The van der Waals surface area contributed by atoms with Gasteiger partial charge in [0, 0.05) is 18.0 Å². The van der Waals surface area contributed by atoms with E-state index in [2.05, 4.69) is 4.72 Å². The number of nitrogens with one attached hydrogen (secondary N) is 1. The Bertz CT molecular complexity index is 576. The zero-order valence-corrected chi connectivity index (χ0v) is 13.1. The molecule has 1 fully saturated rings. The Balaban J connectivity index is 2.03. The summed E-state index contributed by atoms with van der Waals surface area (Å²) in [6.45, 7) is 5.40. The second-order valence-corrected chi connectivity index (χ2v) is 7.87. The van der Waals surface area contributed by atoms with E-state index in [9.17, 15) is 13.2 Å². The van der Waals surface area contributed by atoms with E-state index in [1.165, 1.54) is 11.3 Å². The Morgan fingerprint density at radius 2 is 2.05 bits per heavy atom. The van der Waals surface area contributed by atoms with Crippen LogP contribution in [0, 0.1) is 6.92 Å². The fourth-order valence-corrected chi connectivity index (χ4v) is 4.45. The summed E-state index contributed by atoms with van der Waals surface area (Å²) in [5.74, 6) is -0.217. The minimum atomic E-state index is -3.63. The van der Waals surface area contributed by atoms with Gasteiger partial charge in [-0.15, -0.1) is 11.3 Å². The molecule has 2 heterocycles. The fourth-order valence-electron chi connectivity index (χ4n) is 1.96. The van der Waals surface area contributed by atoms with Crippen LogP contribution in [-0.4, -0.2) is 51.6 Å². The van der Waals surface area contributed by atoms with Crippen LogP contribution in [0.1, 0.15) is 11.8 Å². The molecular formula is C12H18N2O4S2. The van der Waals surface area contributed by atoms with E-state index in [1.807, 2.05) is 6.92 Å². The molecule has 20 heavy (non-hydrogen) atoms. The molecule has 0 radical (unpaired) electrons. The molecule has 1 aliphatic heterocycles. The van der Waals surface area contributed by atoms with Gasteiger partial charge in [-0.2, -0.15) is 4.72 Å². The van der Waals surface area contributed by atoms with Gasteiger partial charge in [-0.05, 0) is 26.0 Å². The Hall–Kier alpha value is -0.960. The number of amides is 1. The number of nitrogens with zero attached hydrogens (tertiary/aromatic N) is 1. The molecule has 0 spiro atoms. The van der Waals surface area contributed by atoms with E-state index < -0.39 is 16.1 Å². The van der Waals surface area contributed by atoms with Crippen molar-refractivity contribution >= 4 is 27.3 Å². The summed E-state index contributed by atoms with van der Waals surface area (Å²) in [6.07, 6.45) is 0. The molecule has 1 atom stereocenters. The van der Waals surface area contributed by atoms with Crippen molar-refractivity contribution in [1.82, 2.24) is 9.62 Å². The lowest BCUT2D eigenvalue weighted by molar-refractivity contribution is -0.136. The average Bonchev–Trinajstić information content (AvgIpc) is 2.86. The number of aryl methyl sites for hydroxylation is 1. The zero-order valence-electron chi connectivity index (χ0n) is 11.5. The first-order chi connectivity index (χ1) is 9.40. The fraction of sp³-hybridized carbons (Fsp3) is 0.583. The molecule has 8 heteroatoms. The molecular weight excluding hydrogens is 300 g/mol. The first kappa shape index (κ1) is 15.4. The first-order valence-corrected chi connectivity index (χ1v) is 8.65. The zero-order chi connectivity index (χ0) is 14.8. The quantitative estimate of drug-likeness (QED) is 0.881. The second kappa shape index (κ2) is 6.21. The summed E-state index contributed by atoms with van der Waals surface area (Å²) in [7, 11) is -3.63. The second-order valence-electron chi connectivity index (χ2n) is 4.65. The lowest BCUT2D eigenvalue weighted by Gasteiger charge is -2.29. The molecule has 1 aromatic rings. The molecule has 0 aromatic carbocycles. The van der Waals surface area contributed by atoms with Crippen molar-refractivity contribution < 1.29 is 17.9 Å². The summed E-state index contributed by atoms with van der Waals surface area (Å²) in [5, 5.41) is 0. The van der Waals surface area contributed by atoms with E-state index in [0.717, 1.165) is 4.88 Å². The lowest BCUT2D eigenvalue weighted by Crippen LogP contribution is -2.50. The predicted octanol–water partition coefficient (Wildman–Crippen LogP) is 0.582. The van der Waals surface area contributed by atoms with Crippen molar-refractivity contribution in [1.29, 1.82) is 0 Å². The molecule has 0 bridgehead atoms. The number of carbonyl (C=O) groups excluding carboxylic acids is 1. The van der Waals surface area contributed by atoms with Crippen LogP contribution in [0.5, 0.6) is 0 Å².